The monoisotopic (exact) mass is 376 g/mol. The zero-order valence-corrected chi connectivity index (χ0v) is 14.5. The lowest BCUT2D eigenvalue weighted by molar-refractivity contribution is -0.139. The van der Waals surface area contributed by atoms with Crippen molar-refractivity contribution in [2.75, 3.05) is 11.5 Å². The molecule has 0 spiro atoms. The molecule has 1 aliphatic heterocycles. The molecule has 8 heteroatoms. The Kier molecular flexibility index (Phi) is 4.90. The summed E-state index contributed by atoms with van der Waals surface area (Å²) in [5.41, 5.74) is 0.535. The zero-order chi connectivity index (χ0) is 18.8. The first-order valence-electron chi connectivity index (χ1n) is 7.79. The van der Waals surface area contributed by atoms with Gasteiger partial charge in [0.15, 0.2) is 0 Å². The zero-order valence-electron chi connectivity index (χ0n) is 13.7. The molecule has 0 aliphatic carbocycles. The molecule has 1 heterocycles. The van der Waals surface area contributed by atoms with Crippen LogP contribution in [0.15, 0.2) is 42.5 Å². The topological polar surface area (TPSA) is 66.9 Å². The molecule has 0 saturated carbocycles. The first-order valence-corrected chi connectivity index (χ1v) is 8.17. The van der Waals surface area contributed by atoms with Gasteiger partial charge in [-0.2, -0.15) is 0 Å². The van der Waals surface area contributed by atoms with Gasteiger partial charge >= 0.3 is 17.8 Å². The van der Waals surface area contributed by atoms with Gasteiger partial charge in [-0.1, -0.05) is 29.8 Å². The molecular formula is C18H14ClFN2O4. The third kappa shape index (κ3) is 3.13. The second kappa shape index (κ2) is 7.13. The number of hydrogen-bond donors (Lipinski definition) is 0. The Morgan fingerprint density at radius 2 is 1.81 bits per heavy atom. The lowest BCUT2D eigenvalue weighted by Crippen LogP contribution is -2.33. The molecule has 0 aromatic heterocycles. The SMILES string of the molecule is CCOc1ccccc1N1C(=O)C(=O)N(Cc2ccc(F)cc2Cl)C1=O. The van der Waals surface area contributed by atoms with E-state index in [-0.39, 0.29) is 17.3 Å². The molecule has 0 radical (unpaired) electrons. The number of imide groups is 2. The lowest BCUT2D eigenvalue weighted by atomic mass is 10.2. The van der Waals surface area contributed by atoms with Gasteiger partial charge in [0.05, 0.1) is 18.8 Å². The normalized spacial score (nSPS) is 14.3. The fourth-order valence-corrected chi connectivity index (χ4v) is 2.82. The lowest BCUT2D eigenvalue weighted by Gasteiger charge is -2.18. The molecule has 2 aromatic carbocycles. The number of carbonyl (C=O) groups excluding carboxylic acids is 3. The number of nitrogens with zero attached hydrogens (tertiary/aromatic N) is 2. The van der Waals surface area contributed by atoms with Crippen molar-refractivity contribution < 1.29 is 23.5 Å². The van der Waals surface area contributed by atoms with Crippen LogP contribution >= 0.6 is 11.6 Å². The molecule has 0 atom stereocenters. The van der Waals surface area contributed by atoms with E-state index in [1.54, 1.807) is 25.1 Å². The Morgan fingerprint density at radius 1 is 1.08 bits per heavy atom. The predicted molar refractivity (Wildman–Crippen MR) is 92.5 cm³/mol. The summed E-state index contributed by atoms with van der Waals surface area (Å²) in [4.78, 5) is 38.9. The molecule has 3 rings (SSSR count). The Balaban J connectivity index is 1.93. The highest BCUT2D eigenvalue weighted by atomic mass is 35.5. The molecule has 2 aromatic rings. The van der Waals surface area contributed by atoms with Gasteiger partial charge in [0.25, 0.3) is 0 Å². The van der Waals surface area contributed by atoms with Crippen molar-refractivity contribution in [2.45, 2.75) is 13.5 Å². The number of anilines is 1. The van der Waals surface area contributed by atoms with Crippen LogP contribution in [0.5, 0.6) is 5.75 Å². The number of para-hydroxylation sites is 2. The number of carbonyl (C=O) groups is 3. The number of hydrogen-bond acceptors (Lipinski definition) is 4. The first-order chi connectivity index (χ1) is 12.4. The summed E-state index contributed by atoms with van der Waals surface area (Å²) in [6.07, 6.45) is 0. The average molecular weight is 377 g/mol. The Bertz CT molecular complexity index is 903. The van der Waals surface area contributed by atoms with E-state index in [1.807, 2.05) is 0 Å². The Hall–Kier alpha value is -2.93. The summed E-state index contributed by atoms with van der Waals surface area (Å²) in [6.45, 7) is 1.85. The molecule has 1 fully saturated rings. The molecular weight excluding hydrogens is 363 g/mol. The maximum atomic E-state index is 13.2. The minimum atomic E-state index is -0.986. The highest BCUT2D eigenvalue weighted by Crippen LogP contribution is 2.32. The van der Waals surface area contributed by atoms with E-state index >= 15 is 0 Å². The van der Waals surface area contributed by atoms with Gasteiger partial charge in [-0.15, -0.1) is 0 Å². The van der Waals surface area contributed by atoms with Crippen LogP contribution in [0, 0.1) is 5.82 Å². The second-order valence-electron chi connectivity index (χ2n) is 5.45. The molecule has 4 amide bonds. The van der Waals surface area contributed by atoms with Crippen LogP contribution in [0.4, 0.5) is 14.9 Å². The third-order valence-corrected chi connectivity index (χ3v) is 4.15. The van der Waals surface area contributed by atoms with Crippen LogP contribution in [-0.2, 0) is 16.1 Å². The van der Waals surface area contributed by atoms with Gasteiger partial charge in [0.1, 0.15) is 11.6 Å². The highest BCUT2D eigenvalue weighted by molar-refractivity contribution is 6.53. The van der Waals surface area contributed by atoms with Crippen molar-refractivity contribution >= 4 is 35.1 Å². The minimum absolute atomic E-state index is 0.0613. The number of ether oxygens (including phenoxy) is 1. The molecule has 1 aliphatic rings. The van der Waals surface area contributed by atoms with Crippen LogP contribution in [0.3, 0.4) is 0 Å². The summed E-state index contributed by atoms with van der Waals surface area (Å²) in [5, 5.41) is 0.0613. The van der Waals surface area contributed by atoms with Gasteiger partial charge in [-0.25, -0.2) is 14.1 Å². The summed E-state index contributed by atoms with van der Waals surface area (Å²) < 4.78 is 18.6. The molecule has 0 bridgehead atoms. The number of urea groups is 1. The van der Waals surface area contributed by atoms with Gasteiger partial charge in [-0.3, -0.25) is 14.5 Å². The van der Waals surface area contributed by atoms with Crippen molar-refractivity contribution in [3.63, 3.8) is 0 Å². The maximum absolute atomic E-state index is 13.2. The van der Waals surface area contributed by atoms with Crippen molar-refractivity contribution in [1.29, 1.82) is 0 Å². The summed E-state index contributed by atoms with van der Waals surface area (Å²) in [7, 11) is 0. The van der Waals surface area contributed by atoms with E-state index < -0.39 is 23.7 Å². The van der Waals surface area contributed by atoms with Gasteiger partial charge in [-0.05, 0) is 36.8 Å². The number of benzene rings is 2. The summed E-state index contributed by atoms with van der Waals surface area (Å²) in [5.74, 6) is -2.20. The van der Waals surface area contributed by atoms with E-state index in [2.05, 4.69) is 0 Å². The molecule has 6 nitrogen and oxygen atoms in total. The van der Waals surface area contributed by atoms with Crippen LogP contribution < -0.4 is 9.64 Å². The molecule has 134 valence electrons. The van der Waals surface area contributed by atoms with Crippen molar-refractivity contribution in [2.24, 2.45) is 0 Å². The Morgan fingerprint density at radius 3 is 2.50 bits per heavy atom. The van der Waals surface area contributed by atoms with E-state index in [0.717, 1.165) is 21.9 Å². The van der Waals surface area contributed by atoms with Crippen LogP contribution in [0.25, 0.3) is 0 Å². The van der Waals surface area contributed by atoms with E-state index in [9.17, 15) is 18.8 Å². The first kappa shape index (κ1) is 17.9. The Labute approximate surface area is 153 Å². The molecule has 1 saturated heterocycles. The largest absolute Gasteiger partial charge is 0.492 e. The van der Waals surface area contributed by atoms with E-state index in [4.69, 9.17) is 16.3 Å². The average Bonchev–Trinajstić information content (AvgIpc) is 2.81. The summed E-state index contributed by atoms with van der Waals surface area (Å²) in [6, 6.07) is 9.22. The molecule has 0 unspecified atom stereocenters. The number of rotatable bonds is 5. The number of amides is 4. The van der Waals surface area contributed by atoms with Gasteiger partial charge in [0.2, 0.25) is 0 Å². The molecule has 26 heavy (non-hydrogen) atoms. The van der Waals surface area contributed by atoms with E-state index in [1.165, 1.54) is 12.1 Å². The third-order valence-electron chi connectivity index (χ3n) is 3.80. The quantitative estimate of drug-likeness (QED) is 0.592. The van der Waals surface area contributed by atoms with E-state index in [0.29, 0.717) is 17.9 Å². The van der Waals surface area contributed by atoms with Crippen LogP contribution in [0.1, 0.15) is 12.5 Å². The van der Waals surface area contributed by atoms with Crippen LogP contribution in [-0.4, -0.2) is 29.4 Å². The van der Waals surface area contributed by atoms with Crippen molar-refractivity contribution in [3.8, 4) is 5.75 Å². The fraction of sp³-hybridized carbons (Fsp3) is 0.167. The minimum Gasteiger partial charge on any atom is -0.492 e. The predicted octanol–water partition coefficient (Wildman–Crippen LogP) is 3.37. The van der Waals surface area contributed by atoms with Crippen molar-refractivity contribution in [3.05, 3.63) is 58.9 Å². The highest BCUT2D eigenvalue weighted by Gasteiger charge is 2.46. The van der Waals surface area contributed by atoms with Crippen molar-refractivity contribution in [1.82, 2.24) is 4.90 Å². The van der Waals surface area contributed by atoms with Gasteiger partial charge in [0, 0.05) is 5.02 Å². The smallest absolute Gasteiger partial charge is 0.339 e. The fourth-order valence-electron chi connectivity index (χ4n) is 2.60. The van der Waals surface area contributed by atoms with Gasteiger partial charge < -0.3 is 4.74 Å². The standard InChI is InChI=1S/C18H14ClFN2O4/c1-2-26-15-6-4-3-5-14(15)22-17(24)16(23)21(18(22)25)10-11-7-8-12(20)9-13(11)19/h3-9H,2,10H2,1H3. The number of halogens is 2. The summed E-state index contributed by atoms with van der Waals surface area (Å²) >= 11 is 5.95. The van der Waals surface area contributed by atoms with Crippen LogP contribution in [0.2, 0.25) is 5.02 Å². The second-order valence-corrected chi connectivity index (χ2v) is 5.86. The maximum Gasteiger partial charge on any atom is 0.339 e. The molecule has 0 N–H and O–H groups in total.